The van der Waals surface area contributed by atoms with Gasteiger partial charge >= 0.3 is 13.5 Å². The van der Waals surface area contributed by atoms with Crippen molar-refractivity contribution in [2.24, 2.45) is 11.3 Å². The first-order chi connectivity index (χ1) is 23.3. The first-order valence-corrected chi connectivity index (χ1v) is 18.5. The molecule has 1 aromatic heterocycles. The highest BCUT2D eigenvalue weighted by molar-refractivity contribution is 8.13. The van der Waals surface area contributed by atoms with Gasteiger partial charge in [0.25, 0.3) is 0 Å². The summed E-state index contributed by atoms with van der Waals surface area (Å²) < 4.78 is 30.2. The van der Waals surface area contributed by atoms with Gasteiger partial charge in [-0.2, -0.15) is 4.98 Å². The summed E-state index contributed by atoms with van der Waals surface area (Å²) >= 11 is 1.04. The molecular weight excluding hydrogens is 665 g/mol. The molecule has 0 radical (unpaired) electrons. The standard InChI is InChI=1S/C36H42N3O8PS/c1-25-23-30(24-46-48(43,44)45-21-22-49-33(41)35(2,3)4)47-32(25)39-20-19-31(37-34(39)42)38-36(26-11-7-5-8-12-26,27-13-9-6-10-14-27)28-15-17-29(40)18-16-28/h5-20,25,30,32,40H,21-24H2,1-4H3,(H,43,44)(H,37,38,42). The van der Waals surface area contributed by atoms with E-state index in [1.54, 1.807) is 45.2 Å². The fourth-order valence-electron chi connectivity index (χ4n) is 5.76. The van der Waals surface area contributed by atoms with Gasteiger partial charge in [0.05, 0.1) is 19.3 Å². The zero-order valence-corrected chi connectivity index (χ0v) is 29.6. The molecule has 13 heteroatoms. The summed E-state index contributed by atoms with van der Waals surface area (Å²) in [5, 5.41) is 13.6. The van der Waals surface area contributed by atoms with Gasteiger partial charge in [0, 0.05) is 23.3 Å². The van der Waals surface area contributed by atoms with Crippen molar-refractivity contribution in [3.8, 4) is 5.75 Å². The van der Waals surface area contributed by atoms with Gasteiger partial charge in [-0.05, 0) is 41.3 Å². The number of benzene rings is 3. The molecule has 49 heavy (non-hydrogen) atoms. The molecule has 2 heterocycles. The number of hydrogen-bond acceptors (Lipinski definition) is 10. The number of phenolic OH excluding ortho intramolecular Hbond substituents is 1. The van der Waals surface area contributed by atoms with E-state index < -0.39 is 36.8 Å². The van der Waals surface area contributed by atoms with Gasteiger partial charge in [0.2, 0.25) is 0 Å². The Morgan fingerprint density at radius 1 is 0.980 bits per heavy atom. The van der Waals surface area contributed by atoms with Crippen molar-refractivity contribution in [1.82, 2.24) is 9.55 Å². The lowest BCUT2D eigenvalue weighted by molar-refractivity contribution is -0.117. The molecule has 3 aromatic carbocycles. The molecule has 3 N–H and O–H groups in total. The van der Waals surface area contributed by atoms with Crippen LogP contribution in [0.2, 0.25) is 0 Å². The second-order valence-corrected chi connectivity index (χ2v) is 15.5. The van der Waals surface area contributed by atoms with Crippen LogP contribution in [0.5, 0.6) is 5.75 Å². The third-order valence-corrected chi connectivity index (χ3v) is 10.4. The van der Waals surface area contributed by atoms with Crippen LogP contribution in [0, 0.1) is 11.3 Å². The Hall–Kier alpha value is -3.77. The predicted molar refractivity (Wildman–Crippen MR) is 189 cm³/mol. The van der Waals surface area contributed by atoms with E-state index in [0.717, 1.165) is 28.5 Å². The highest BCUT2D eigenvalue weighted by atomic mass is 32.2. The number of phosphoric acid groups is 1. The summed E-state index contributed by atoms with van der Waals surface area (Å²) in [4.78, 5) is 40.1. The molecule has 4 aromatic rings. The average Bonchev–Trinajstić information content (AvgIpc) is 3.45. The van der Waals surface area contributed by atoms with Crippen LogP contribution in [0.4, 0.5) is 5.82 Å². The van der Waals surface area contributed by atoms with Gasteiger partial charge in [-0.15, -0.1) is 0 Å². The molecule has 1 aliphatic rings. The van der Waals surface area contributed by atoms with E-state index in [4.69, 9.17) is 13.8 Å². The molecule has 0 saturated carbocycles. The largest absolute Gasteiger partial charge is 0.508 e. The lowest BCUT2D eigenvalue weighted by Gasteiger charge is -2.37. The van der Waals surface area contributed by atoms with E-state index in [1.807, 2.05) is 79.7 Å². The summed E-state index contributed by atoms with van der Waals surface area (Å²) in [6, 6.07) is 28.2. The Morgan fingerprint density at radius 3 is 2.14 bits per heavy atom. The van der Waals surface area contributed by atoms with Gasteiger partial charge < -0.3 is 20.1 Å². The first kappa shape index (κ1) is 36.5. The SMILES string of the molecule is CC1CC(COP(=O)(O)OCCSC(=O)C(C)(C)C)OC1n1ccc(NC(c2ccccc2)(c2ccccc2)c2ccc(O)cc2)nc1=O. The number of phosphoric ester groups is 1. The fraction of sp³-hybridized carbons (Fsp3) is 0.361. The number of hydrogen-bond donors (Lipinski definition) is 3. The summed E-state index contributed by atoms with van der Waals surface area (Å²) in [5.41, 5.74) is 0.595. The van der Waals surface area contributed by atoms with Crippen molar-refractivity contribution in [3.05, 3.63) is 124 Å². The summed E-state index contributed by atoms with van der Waals surface area (Å²) in [6.07, 6.45) is 0.852. The number of aromatic nitrogens is 2. The van der Waals surface area contributed by atoms with Gasteiger partial charge in [-0.3, -0.25) is 18.4 Å². The number of thioether (sulfide) groups is 1. The molecule has 1 fully saturated rings. The van der Waals surface area contributed by atoms with E-state index >= 15 is 0 Å². The van der Waals surface area contributed by atoms with Crippen LogP contribution in [0.1, 0.15) is 57.0 Å². The second-order valence-electron chi connectivity index (χ2n) is 13.0. The minimum Gasteiger partial charge on any atom is -0.508 e. The minimum absolute atomic E-state index is 0.0400. The summed E-state index contributed by atoms with van der Waals surface area (Å²) in [6.45, 7) is 6.98. The van der Waals surface area contributed by atoms with Crippen LogP contribution in [0.15, 0.2) is 102 Å². The zero-order valence-electron chi connectivity index (χ0n) is 27.9. The number of nitrogens with one attached hydrogen (secondary N) is 1. The number of ether oxygens (including phenoxy) is 1. The van der Waals surface area contributed by atoms with E-state index in [1.165, 1.54) is 4.57 Å². The molecule has 0 bridgehead atoms. The highest BCUT2D eigenvalue weighted by Crippen LogP contribution is 2.45. The number of rotatable bonds is 13. The van der Waals surface area contributed by atoms with E-state index in [0.29, 0.717) is 12.2 Å². The van der Waals surface area contributed by atoms with Gasteiger partial charge in [0.1, 0.15) is 23.3 Å². The van der Waals surface area contributed by atoms with Gasteiger partial charge in [-0.1, -0.05) is 112 Å². The normalized spacial score (nSPS) is 19.3. The van der Waals surface area contributed by atoms with E-state index in [2.05, 4.69) is 10.3 Å². The van der Waals surface area contributed by atoms with Crippen molar-refractivity contribution < 1.29 is 33.1 Å². The second kappa shape index (κ2) is 15.4. The third kappa shape index (κ3) is 8.88. The number of phenols is 1. The van der Waals surface area contributed by atoms with Crippen molar-refractivity contribution in [1.29, 1.82) is 0 Å². The monoisotopic (exact) mass is 707 g/mol. The smallest absolute Gasteiger partial charge is 0.472 e. The molecule has 1 aliphatic heterocycles. The molecule has 260 valence electrons. The zero-order chi connectivity index (χ0) is 35.2. The molecule has 11 nitrogen and oxygen atoms in total. The van der Waals surface area contributed by atoms with Gasteiger partial charge in [-0.25, -0.2) is 9.36 Å². The molecule has 0 amide bonds. The van der Waals surface area contributed by atoms with Crippen LogP contribution < -0.4 is 11.0 Å². The molecule has 0 spiro atoms. The van der Waals surface area contributed by atoms with E-state index in [-0.39, 0.29) is 35.7 Å². The maximum Gasteiger partial charge on any atom is 0.472 e. The quantitative estimate of drug-likeness (QED) is 0.0773. The van der Waals surface area contributed by atoms with Crippen LogP contribution in [-0.4, -0.2) is 49.7 Å². The fourth-order valence-corrected chi connectivity index (χ4v) is 7.42. The Morgan fingerprint density at radius 2 is 1.57 bits per heavy atom. The predicted octanol–water partition coefficient (Wildman–Crippen LogP) is 6.72. The lowest BCUT2D eigenvalue weighted by atomic mass is 9.77. The summed E-state index contributed by atoms with van der Waals surface area (Å²) in [7, 11) is -4.38. The number of carbonyl (C=O) groups is 1. The number of nitrogens with zero attached hydrogens (tertiary/aromatic N) is 2. The van der Waals surface area contributed by atoms with Crippen LogP contribution in [0.25, 0.3) is 0 Å². The topological polar surface area (TPSA) is 149 Å². The van der Waals surface area contributed by atoms with E-state index in [9.17, 15) is 24.2 Å². The first-order valence-electron chi connectivity index (χ1n) is 16.0. The summed E-state index contributed by atoms with van der Waals surface area (Å²) in [5.74, 6) is 0.548. The highest BCUT2D eigenvalue weighted by Gasteiger charge is 2.39. The number of carbonyl (C=O) groups excluding carboxylic acids is 1. The van der Waals surface area contributed by atoms with Gasteiger partial charge in [0.15, 0.2) is 5.12 Å². The molecule has 0 aliphatic carbocycles. The molecule has 5 rings (SSSR count). The maximum atomic E-state index is 13.5. The Balaban J connectivity index is 1.31. The Bertz CT molecular complexity index is 1780. The Kier molecular flexibility index (Phi) is 11.5. The van der Waals surface area contributed by atoms with Crippen LogP contribution >= 0.6 is 19.6 Å². The molecule has 1 saturated heterocycles. The minimum atomic E-state index is -4.38. The molecule has 4 unspecified atom stereocenters. The third-order valence-electron chi connectivity index (χ3n) is 8.19. The van der Waals surface area contributed by atoms with Crippen molar-refractivity contribution in [2.75, 3.05) is 24.3 Å². The van der Waals surface area contributed by atoms with Crippen LogP contribution in [0.3, 0.4) is 0 Å². The van der Waals surface area contributed by atoms with Crippen molar-refractivity contribution >= 4 is 30.5 Å². The number of anilines is 1. The van der Waals surface area contributed by atoms with Crippen molar-refractivity contribution in [2.45, 2.75) is 52.0 Å². The Labute approximate surface area is 290 Å². The van der Waals surface area contributed by atoms with Crippen molar-refractivity contribution in [3.63, 3.8) is 0 Å². The lowest BCUT2D eigenvalue weighted by Crippen LogP contribution is -2.39. The van der Waals surface area contributed by atoms with Crippen LogP contribution in [-0.2, 0) is 28.7 Å². The maximum absolute atomic E-state index is 13.5. The molecule has 4 atom stereocenters. The number of aromatic hydroxyl groups is 1. The average molecular weight is 708 g/mol. The molecular formula is C36H42N3O8PS.